The van der Waals surface area contributed by atoms with Gasteiger partial charge in [-0.2, -0.15) is 5.10 Å². The standard InChI is InChI=1S/C13H17N5O/c1-17-12-9(4-16-17)13(15-7-14-12)18-5-8-2-3-11(19)10(8)6-18/h4,7-8,10-11,19H,2-3,5-6H2,1H3. The van der Waals surface area contributed by atoms with Gasteiger partial charge < -0.3 is 10.0 Å². The Bertz CT molecular complexity index is 625. The summed E-state index contributed by atoms with van der Waals surface area (Å²) >= 11 is 0. The number of rotatable bonds is 1. The number of aromatic nitrogens is 4. The van der Waals surface area contributed by atoms with E-state index in [1.54, 1.807) is 11.0 Å². The Morgan fingerprint density at radius 2 is 2.16 bits per heavy atom. The van der Waals surface area contributed by atoms with E-state index < -0.39 is 0 Å². The van der Waals surface area contributed by atoms with Crippen LogP contribution in [-0.2, 0) is 7.05 Å². The smallest absolute Gasteiger partial charge is 0.163 e. The summed E-state index contributed by atoms with van der Waals surface area (Å²) in [4.78, 5) is 11.0. The largest absolute Gasteiger partial charge is 0.393 e. The first-order valence-corrected chi connectivity index (χ1v) is 6.80. The summed E-state index contributed by atoms with van der Waals surface area (Å²) < 4.78 is 1.77. The predicted molar refractivity (Wildman–Crippen MR) is 70.7 cm³/mol. The summed E-state index contributed by atoms with van der Waals surface area (Å²) in [6.07, 6.45) is 5.37. The van der Waals surface area contributed by atoms with Crippen LogP contribution < -0.4 is 4.90 Å². The van der Waals surface area contributed by atoms with E-state index in [1.165, 1.54) is 0 Å². The van der Waals surface area contributed by atoms with Crippen LogP contribution in [0.3, 0.4) is 0 Å². The molecule has 0 amide bonds. The molecule has 1 N–H and O–H groups in total. The quantitative estimate of drug-likeness (QED) is 0.811. The van der Waals surface area contributed by atoms with E-state index in [0.717, 1.165) is 42.8 Å². The van der Waals surface area contributed by atoms with Crippen LogP contribution in [0.1, 0.15) is 12.8 Å². The number of hydrogen-bond donors (Lipinski definition) is 1. The van der Waals surface area contributed by atoms with Crippen LogP contribution in [-0.4, -0.2) is 44.0 Å². The van der Waals surface area contributed by atoms with Crippen LogP contribution in [0.5, 0.6) is 0 Å². The van der Waals surface area contributed by atoms with Crippen molar-refractivity contribution in [1.82, 2.24) is 19.7 Å². The third-order valence-corrected chi connectivity index (χ3v) is 4.63. The fraction of sp³-hybridized carbons (Fsp3) is 0.615. The average Bonchev–Trinajstić information content (AvgIpc) is 3.07. The summed E-state index contributed by atoms with van der Waals surface area (Å²) in [5.74, 6) is 1.97. The second-order valence-corrected chi connectivity index (χ2v) is 5.68. The van der Waals surface area contributed by atoms with Gasteiger partial charge in [0.2, 0.25) is 0 Å². The normalized spacial score (nSPS) is 30.2. The van der Waals surface area contributed by atoms with Crippen molar-refractivity contribution in [3.63, 3.8) is 0 Å². The van der Waals surface area contributed by atoms with Gasteiger partial charge in [-0.05, 0) is 18.8 Å². The average molecular weight is 259 g/mol. The maximum absolute atomic E-state index is 10.0. The van der Waals surface area contributed by atoms with Gasteiger partial charge >= 0.3 is 0 Å². The fourth-order valence-electron chi connectivity index (χ4n) is 3.61. The predicted octanol–water partition coefficient (Wildman–Crippen LogP) is 0.570. The van der Waals surface area contributed by atoms with Gasteiger partial charge in [-0.25, -0.2) is 9.97 Å². The lowest BCUT2D eigenvalue weighted by Gasteiger charge is -2.19. The Morgan fingerprint density at radius 1 is 1.26 bits per heavy atom. The van der Waals surface area contributed by atoms with Crippen LogP contribution in [0, 0.1) is 11.8 Å². The van der Waals surface area contributed by atoms with Crippen molar-refractivity contribution in [2.45, 2.75) is 18.9 Å². The molecule has 1 saturated carbocycles. The van der Waals surface area contributed by atoms with Crippen LogP contribution in [0.15, 0.2) is 12.5 Å². The Labute approximate surface area is 111 Å². The minimum absolute atomic E-state index is 0.138. The molecule has 2 fully saturated rings. The molecule has 0 bridgehead atoms. The first-order chi connectivity index (χ1) is 9.24. The zero-order valence-electron chi connectivity index (χ0n) is 10.9. The molecule has 4 rings (SSSR count). The molecule has 1 saturated heterocycles. The second kappa shape index (κ2) is 3.90. The number of aliphatic hydroxyl groups excluding tert-OH is 1. The number of aryl methyl sites for hydroxylation is 1. The molecule has 0 spiro atoms. The SMILES string of the molecule is Cn1ncc2c(N3CC4CCC(O)C4C3)ncnc21. The molecule has 6 heteroatoms. The molecule has 3 unspecified atom stereocenters. The maximum Gasteiger partial charge on any atom is 0.163 e. The zero-order chi connectivity index (χ0) is 13.0. The second-order valence-electron chi connectivity index (χ2n) is 5.68. The molecule has 6 nitrogen and oxygen atoms in total. The van der Waals surface area contributed by atoms with Crippen LogP contribution in [0.2, 0.25) is 0 Å². The van der Waals surface area contributed by atoms with Crippen molar-refractivity contribution in [3.8, 4) is 0 Å². The first kappa shape index (κ1) is 11.2. The summed E-state index contributed by atoms with van der Waals surface area (Å²) in [6.45, 7) is 1.88. The molecule has 0 radical (unpaired) electrons. The monoisotopic (exact) mass is 259 g/mol. The molecular formula is C13H17N5O. The number of aliphatic hydroxyl groups is 1. The number of hydrogen-bond acceptors (Lipinski definition) is 5. The lowest BCUT2D eigenvalue weighted by molar-refractivity contribution is 0.133. The summed E-state index contributed by atoms with van der Waals surface area (Å²) in [5, 5.41) is 15.3. The van der Waals surface area contributed by atoms with E-state index in [1.807, 2.05) is 13.2 Å². The number of nitrogens with zero attached hydrogens (tertiary/aromatic N) is 5. The fourth-order valence-corrected chi connectivity index (χ4v) is 3.61. The van der Waals surface area contributed by atoms with Crippen molar-refractivity contribution in [3.05, 3.63) is 12.5 Å². The molecule has 3 heterocycles. The lowest BCUT2D eigenvalue weighted by atomic mass is 10.00. The molecule has 1 aliphatic carbocycles. The Kier molecular flexibility index (Phi) is 2.29. The van der Waals surface area contributed by atoms with Gasteiger partial charge in [0.15, 0.2) is 5.65 Å². The van der Waals surface area contributed by atoms with Gasteiger partial charge in [0.1, 0.15) is 12.1 Å². The van der Waals surface area contributed by atoms with Crippen molar-refractivity contribution >= 4 is 16.9 Å². The topological polar surface area (TPSA) is 67.1 Å². The number of anilines is 1. The highest BCUT2D eigenvalue weighted by Crippen LogP contribution is 2.40. The van der Waals surface area contributed by atoms with E-state index in [9.17, 15) is 5.11 Å². The Hall–Kier alpha value is -1.69. The van der Waals surface area contributed by atoms with Crippen LogP contribution in [0.25, 0.3) is 11.0 Å². The highest BCUT2D eigenvalue weighted by Gasteiger charge is 2.42. The van der Waals surface area contributed by atoms with Crippen LogP contribution in [0.4, 0.5) is 5.82 Å². The van der Waals surface area contributed by atoms with E-state index in [4.69, 9.17) is 0 Å². The van der Waals surface area contributed by atoms with Crippen LogP contribution >= 0.6 is 0 Å². The van der Waals surface area contributed by atoms with Gasteiger partial charge in [-0.1, -0.05) is 0 Å². The van der Waals surface area contributed by atoms with Gasteiger partial charge in [-0.15, -0.1) is 0 Å². The summed E-state index contributed by atoms with van der Waals surface area (Å²) in [5.41, 5.74) is 0.864. The lowest BCUT2D eigenvalue weighted by Crippen LogP contribution is -2.25. The van der Waals surface area contributed by atoms with Gasteiger partial charge in [0.25, 0.3) is 0 Å². The molecule has 2 aromatic rings. The Morgan fingerprint density at radius 3 is 3.00 bits per heavy atom. The van der Waals surface area contributed by atoms with E-state index in [-0.39, 0.29) is 6.10 Å². The Balaban J connectivity index is 1.72. The van der Waals surface area contributed by atoms with Crippen molar-refractivity contribution < 1.29 is 5.11 Å². The highest BCUT2D eigenvalue weighted by atomic mass is 16.3. The molecular weight excluding hydrogens is 242 g/mol. The van der Waals surface area contributed by atoms with Gasteiger partial charge in [0.05, 0.1) is 17.7 Å². The molecule has 0 aromatic carbocycles. The minimum Gasteiger partial charge on any atom is -0.393 e. The van der Waals surface area contributed by atoms with Crippen molar-refractivity contribution in [1.29, 1.82) is 0 Å². The third kappa shape index (κ3) is 1.56. The first-order valence-electron chi connectivity index (χ1n) is 6.80. The molecule has 3 atom stereocenters. The minimum atomic E-state index is -0.138. The maximum atomic E-state index is 10.0. The third-order valence-electron chi connectivity index (χ3n) is 4.63. The highest BCUT2D eigenvalue weighted by molar-refractivity contribution is 5.86. The summed E-state index contributed by atoms with van der Waals surface area (Å²) in [6, 6.07) is 0. The number of fused-ring (bicyclic) bond motifs is 2. The summed E-state index contributed by atoms with van der Waals surface area (Å²) in [7, 11) is 1.89. The van der Waals surface area contributed by atoms with E-state index in [2.05, 4.69) is 20.0 Å². The van der Waals surface area contributed by atoms with Gasteiger partial charge in [-0.3, -0.25) is 4.68 Å². The molecule has 1 aliphatic heterocycles. The molecule has 2 aliphatic rings. The van der Waals surface area contributed by atoms with Gasteiger partial charge in [0, 0.05) is 26.1 Å². The zero-order valence-corrected chi connectivity index (χ0v) is 10.9. The molecule has 100 valence electrons. The van der Waals surface area contributed by atoms with E-state index in [0.29, 0.717) is 11.8 Å². The molecule has 19 heavy (non-hydrogen) atoms. The van der Waals surface area contributed by atoms with Crippen molar-refractivity contribution in [2.75, 3.05) is 18.0 Å². The van der Waals surface area contributed by atoms with E-state index >= 15 is 0 Å². The van der Waals surface area contributed by atoms with Crippen molar-refractivity contribution in [2.24, 2.45) is 18.9 Å². The molecule has 2 aromatic heterocycles.